The molecule has 6 rings (SSSR count). The van der Waals surface area contributed by atoms with Crippen LogP contribution in [0, 0.1) is 5.82 Å². The number of rotatable bonds is 2. The molecular weight excluding hydrogens is 461 g/mol. The van der Waals surface area contributed by atoms with Gasteiger partial charge in [0.1, 0.15) is 17.7 Å². The van der Waals surface area contributed by atoms with Crippen LogP contribution in [0.15, 0.2) is 72.9 Å². The molecule has 0 radical (unpaired) electrons. The molecule has 2 amide bonds. The highest BCUT2D eigenvalue weighted by Crippen LogP contribution is 2.29. The van der Waals surface area contributed by atoms with Gasteiger partial charge < -0.3 is 21.1 Å². The predicted octanol–water partition coefficient (Wildman–Crippen LogP) is 4.53. The molecule has 1 unspecified atom stereocenters. The Hall–Kier alpha value is -4.66. The number of hydrogen-bond acceptors (Lipinski definition) is 6. The number of anilines is 3. The number of ether oxygens (including phenoxy) is 1. The number of nitrogen functional groups attached to an aromatic ring is 1. The molecule has 2 aliphatic rings. The van der Waals surface area contributed by atoms with Crippen molar-refractivity contribution in [1.82, 2.24) is 10.3 Å². The summed E-state index contributed by atoms with van der Waals surface area (Å²) in [6, 6.07) is 18.5. The third-order valence-corrected chi connectivity index (χ3v) is 5.99. The van der Waals surface area contributed by atoms with Gasteiger partial charge in [-0.05, 0) is 52.4 Å². The van der Waals surface area contributed by atoms with E-state index in [2.05, 4.69) is 20.9 Å². The molecule has 4 aromatic rings. The molecule has 36 heavy (non-hydrogen) atoms. The molecule has 3 aromatic carbocycles. The number of amides is 2. The van der Waals surface area contributed by atoms with Gasteiger partial charge in [0.2, 0.25) is 5.91 Å². The van der Waals surface area contributed by atoms with Gasteiger partial charge in [0, 0.05) is 30.5 Å². The minimum atomic E-state index is -0.790. The molecule has 182 valence electrons. The monoisotopic (exact) mass is 485 g/mol. The summed E-state index contributed by atoms with van der Waals surface area (Å²) in [5.41, 5.74) is 9.28. The first-order valence-electron chi connectivity index (χ1n) is 11.5. The van der Waals surface area contributed by atoms with Crippen LogP contribution in [-0.4, -0.2) is 23.6 Å². The van der Waals surface area contributed by atoms with Crippen molar-refractivity contribution in [3.05, 3.63) is 95.4 Å². The molecule has 3 heterocycles. The Morgan fingerprint density at radius 3 is 2.69 bits per heavy atom. The van der Waals surface area contributed by atoms with Gasteiger partial charge in [-0.25, -0.2) is 14.2 Å². The summed E-state index contributed by atoms with van der Waals surface area (Å²) in [4.78, 5) is 29.4. The summed E-state index contributed by atoms with van der Waals surface area (Å²) >= 11 is 0. The van der Waals surface area contributed by atoms with Crippen LogP contribution in [0.25, 0.3) is 10.8 Å². The second-order valence-corrected chi connectivity index (χ2v) is 8.50. The van der Waals surface area contributed by atoms with Crippen molar-refractivity contribution in [1.29, 1.82) is 0 Å². The molecule has 9 heteroatoms. The van der Waals surface area contributed by atoms with Gasteiger partial charge in [-0.15, -0.1) is 0 Å². The zero-order valence-corrected chi connectivity index (χ0v) is 19.3. The van der Waals surface area contributed by atoms with E-state index in [9.17, 15) is 14.0 Å². The topological polar surface area (TPSA) is 118 Å². The van der Waals surface area contributed by atoms with Crippen molar-refractivity contribution >= 4 is 40.0 Å². The Morgan fingerprint density at radius 2 is 1.86 bits per heavy atom. The molecule has 2 aliphatic heterocycles. The number of aromatic nitrogens is 1. The normalized spacial score (nSPS) is 16.2. The predicted molar refractivity (Wildman–Crippen MR) is 136 cm³/mol. The van der Waals surface area contributed by atoms with Crippen LogP contribution in [0.1, 0.15) is 22.7 Å². The first-order chi connectivity index (χ1) is 17.5. The van der Waals surface area contributed by atoms with Crippen molar-refractivity contribution in [3.63, 3.8) is 0 Å². The van der Waals surface area contributed by atoms with Gasteiger partial charge >= 0.3 is 6.09 Å². The van der Waals surface area contributed by atoms with Crippen LogP contribution in [-0.2, 0) is 22.5 Å². The smallest absolute Gasteiger partial charge is 0.411 e. The third kappa shape index (κ3) is 5.05. The van der Waals surface area contributed by atoms with Crippen molar-refractivity contribution in [3.8, 4) is 0 Å². The average molecular weight is 486 g/mol. The molecule has 0 aliphatic carbocycles. The number of pyridine rings is 1. The van der Waals surface area contributed by atoms with Gasteiger partial charge in [-0.3, -0.25) is 10.1 Å². The van der Waals surface area contributed by atoms with E-state index in [4.69, 9.17) is 10.5 Å². The Balaban J connectivity index is 1.48. The van der Waals surface area contributed by atoms with E-state index in [-0.39, 0.29) is 30.3 Å². The lowest BCUT2D eigenvalue weighted by atomic mass is 10.0. The summed E-state index contributed by atoms with van der Waals surface area (Å²) in [6.07, 6.45) is 1.49. The summed E-state index contributed by atoms with van der Waals surface area (Å²) < 4.78 is 20.2. The van der Waals surface area contributed by atoms with Crippen molar-refractivity contribution in [2.45, 2.75) is 19.0 Å². The maximum Gasteiger partial charge on any atom is 0.411 e. The van der Waals surface area contributed by atoms with E-state index in [1.54, 1.807) is 30.3 Å². The standard InChI is InChI=1S/C27H24FN5O3/c28-22-14-21(13-19-8-10-30-25(29)23(19)22)32-24-18-6-4-16(5-7-18)9-11-36-27(35)33-20-3-1-2-17(12-20)15-31-26(24)34/h1-8,10,12-14,24,32H,9,11,15H2,(H2,29,30)(H,31,34)(H,33,35). The van der Waals surface area contributed by atoms with Crippen LogP contribution < -0.4 is 21.7 Å². The third-order valence-electron chi connectivity index (χ3n) is 5.99. The molecule has 0 saturated carbocycles. The fourth-order valence-corrected chi connectivity index (χ4v) is 4.18. The molecule has 0 fully saturated rings. The van der Waals surface area contributed by atoms with Crippen molar-refractivity contribution in [2.24, 2.45) is 0 Å². The van der Waals surface area contributed by atoms with Crippen LogP contribution in [0.4, 0.5) is 26.4 Å². The number of nitrogens with zero attached hydrogens (tertiary/aromatic N) is 1. The minimum absolute atomic E-state index is 0.108. The quantitative estimate of drug-likeness (QED) is 0.331. The zero-order chi connectivity index (χ0) is 25.1. The fourth-order valence-electron chi connectivity index (χ4n) is 4.18. The molecule has 8 nitrogen and oxygen atoms in total. The highest BCUT2D eigenvalue weighted by atomic mass is 19.1. The number of benzene rings is 3. The number of fused-ring (bicyclic) bond motifs is 10. The van der Waals surface area contributed by atoms with E-state index in [1.165, 1.54) is 12.3 Å². The van der Waals surface area contributed by atoms with Crippen LogP contribution in [0.5, 0.6) is 0 Å². The molecule has 4 bridgehead atoms. The minimum Gasteiger partial charge on any atom is -0.449 e. The number of nitrogens with two attached hydrogens (primary N) is 1. The molecule has 0 spiro atoms. The van der Waals surface area contributed by atoms with Crippen LogP contribution in [0.3, 0.4) is 0 Å². The number of carbonyl (C=O) groups excluding carboxylic acids is 2. The maximum atomic E-state index is 14.9. The summed E-state index contributed by atoms with van der Waals surface area (Å²) in [5, 5.41) is 9.63. The average Bonchev–Trinajstić information content (AvgIpc) is 2.86. The Labute approximate surface area is 206 Å². The van der Waals surface area contributed by atoms with Crippen LogP contribution >= 0.6 is 0 Å². The first kappa shape index (κ1) is 23.1. The van der Waals surface area contributed by atoms with E-state index in [0.717, 1.165) is 11.1 Å². The first-order valence-corrected chi connectivity index (χ1v) is 11.5. The lowest BCUT2D eigenvalue weighted by Crippen LogP contribution is -2.33. The van der Waals surface area contributed by atoms with Crippen LogP contribution in [0.2, 0.25) is 0 Å². The number of carbonyl (C=O) groups is 2. The van der Waals surface area contributed by atoms with Crippen molar-refractivity contribution < 1.29 is 18.7 Å². The van der Waals surface area contributed by atoms with Gasteiger partial charge in [0.05, 0.1) is 12.0 Å². The fraction of sp³-hybridized carbons (Fsp3) is 0.148. The van der Waals surface area contributed by atoms with E-state index in [0.29, 0.717) is 28.7 Å². The summed E-state index contributed by atoms with van der Waals surface area (Å²) in [5.74, 6) is -0.706. The molecule has 5 N–H and O–H groups in total. The Bertz CT molecular complexity index is 1440. The molecule has 1 atom stereocenters. The second-order valence-electron chi connectivity index (χ2n) is 8.50. The maximum absolute atomic E-state index is 14.9. The SMILES string of the molecule is Nc1nccc2cc(NC3C(=O)NCc4cccc(c4)NC(=O)OCCc4ccc3cc4)cc(F)c12. The second kappa shape index (κ2) is 9.91. The number of nitrogens with one attached hydrogen (secondary N) is 3. The van der Waals surface area contributed by atoms with Gasteiger partial charge in [0.15, 0.2) is 0 Å². The van der Waals surface area contributed by atoms with E-state index in [1.807, 2.05) is 30.3 Å². The van der Waals surface area contributed by atoms with Gasteiger partial charge in [0.25, 0.3) is 0 Å². The van der Waals surface area contributed by atoms with Gasteiger partial charge in [-0.1, -0.05) is 36.4 Å². The van der Waals surface area contributed by atoms with E-state index >= 15 is 0 Å². The van der Waals surface area contributed by atoms with Crippen molar-refractivity contribution in [2.75, 3.05) is 23.0 Å². The van der Waals surface area contributed by atoms with E-state index < -0.39 is 18.0 Å². The molecule has 1 aromatic heterocycles. The largest absolute Gasteiger partial charge is 0.449 e. The number of hydrogen-bond donors (Lipinski definition) is 4. The summed E-state index contributed by atoms with van der Waals surface area (Å²) in [7, 11) is 0. The lowest BCUT2D eigenvalue weighted by molar-refractivity contribution is -0.122. The van der Waals surface area contributed by atoms with Gasteiger partial charge in [-0.2, -0.15) is 0 Å². The number of halogens is 1. The molecule has 0 saturated heterocycles. The lowest BCUT2D eigenvalue weighted by Gasteiger charge is -2.21. The highest BCUT2D eigenvalue weighted by Gasteiger charge is 2.22. The Morgan fingerprint density at radius 1 is 1.03 bits per heavy atom. The highest BCUT2D eigenvalue weighted by molar-refractivity contribution is 5.94. The Kier molecular flexibility index (Phi) is 6.36. The zero-order valence-electron chi connectivity index (χ0n) is 19.3. The molecular formula is C27H24FN5O3. The summed E-state index contributed by atoms with van der Waals surface area (Å²) in [6.45, 7) is 0.440.